The van der Waals surface area contributed by atoms with Crippen LogP contribution < -0.4 is 16.7 Å². The molecule has 126 valence electrons. The molecule has 0 fully saturated rings. The molecule has 0 bridgehead atoms. The summed E-state index contributed by atoms with van der Waals surface area (Å²) in [6, 6.07) is 4.22. The minimum absolute atomic E-state index is 0.0183. The van der Waals surface area contributed by atoms with E-state index in [4.69, 9.17) is 17.3 Å². The molecular formula is C15H16ClFN6O. The second kappa shape index (κ2) is 6.98. The van der Waals surface area contributed by atoms with Crippen LogP contribution in [0, 0.1) is 5.82 Å². The van der Waals surface area contributed by atoms with Gasteiger partial charge in [-0.25, -0.2) is 14.2 Å². The average molecular weight is 351 g/mol. The summed E-state index contributed by atoms with van der Waals surface area (Å²) in [5.41, 5.74) is 6.23. The van der Waals surface area contributed by atoms with Crippen molar-refractivity contribution >= 4 is 28.7 Å². The number of aromatic amines is 1. The van der Waals surface area contributed by atoms with Crippen LogP contribution in [0.25, 0.3) is 11.2 Å². The highest BCUT2D eigenvalue weighted by Crippen LogP contribution is 2.17. The van der Waals surface area contributed by atoms with Crippen molar-refractivity contribution < 1.29 is 4.39 Å². The summed E-state index contributed by atoms with van der Waals surface area (Å²) in [5.74, 6) is -0.0498. The second-order valence-electron chi connectivity index (χ2n) is 5.25. The minimum Gasteiger partial charge on any atom is -0.354 e. The molecule has 9 heteroatoms. The molecule has 24 heavy (non-hydrogen) atoms. The van der Waals surface area contributed by atoms with Gasteiger partial charge in [0.25, 0.3) is 0 Å². The fourth-order valence-corrected chi connectivity index (χ4v) is 2.51. The van der Waals surface area contributed by atoms with Crippen LogP contribution in [0.2, 0.25) is 5.02 Å². The Morgan fingerprint density at radius 2 is 2.25 bits per heavy atom. The van der Waals surface area contributed by atoms with E-state index in [9.17, 15) is 9.18 Å². The molecule has 0 spiro atoms. The summed E-state index contributed by atoms with van der Waals surface area (Å²) in [6.45, 7) is 1.20. The molecule has 2 aromatic heterocycles. The maximum Gasteiger partial charge on any atom is 0.328 e. The molecule has 0 aliphatic heterocycles. The average Bonchev–Trinajstić information content (AvgIpc) is 2.87. The van der Waals surface area contributed by atoms with Crippen molar-refractivity contribution in [3.63, 3.8) is 0 Å². The van der Waals surface area contributed by atoms with Crippen LogP contribution >= 0.6 is 11.6 Å². The molecule has 0 saturated heterocycles. The largest absolute Gasteiger partial charge is 0.354 e. The molecule has 2 heterocycles. The maximum absolute atomic E-state index is 13.9. The predicted molar refractivity (Wildman–Crippen MR) is 90.8 cm³/mol. The number of hydrogen-bond donors (Lipinski definition) is 3. The molecule has 4 N–H and O–H groups in total. The summed E-state index contributed by atoms with van der Waals surface area (Å²) in [5, 5.41) is 3.43. The van der Waals surface area contributed by atoms with Gasteiger partial charge in [-0.05, 0) is 31.2 Å². The van der Waals surface area contributed by atoms with E-state index in [1.807, 2.05) is 0 Å². The van der Waals surface area contributed by atoms with Crippen molar-refractivity contribution in [2.24, 2.45) is 5.73 Å². The zero-order chi connectivity index (χ0) is 17.1. The van der Waals surface area contributed by atoms with E-state index in [1.165, 1.54) is 29.0 Å². The van der Waals surface area contributed by atoms with Crippen molar-refractivity contribution in [1.82, 2.24) is 19.5 Å². The van der Waals surface area contributed by atoms with Gasteiger partial charge in [0, 0.05) is 17.1 Å². The van der Waals surface area contributed by atoms with Gasteiger partial charge in [0.05, 0.1) is 12.7 Å². The Hall–Kier alpha value is -2.45. The number of nitrogens with two attached hydrogens (primary N) is 1. The molecule has 1 aromatic carbocycles. The zero-order valence-electron chi connectivity index (χ0n) is 12.7. The molecule has 0 saturated carbocycles. The predicted octanol–water partition coefficient (Wildman–Crippen LogP) is 1.72. The molecule has 0 radical (unpaired) electrons. The van der Waals surface area contributed by atoms with Gasteiger partial charge in [0.2, 0.25) is 5.95 Å². The Bertz CT molecular complexity index is 922. The van der Waals surface area contributed by atoms with Crippen molar-refractivity contribution in [3.05, 3.63) is 51.3 Å². The Morgan fingerprint density at radius 3 is 3.04 bits per heavy atom. The monoisotopic (exact) mass is 350 g/mol. The van der Waals surface area contributed by atoms with Crippen LogP contribution in [0.3, 0.4) is 0 Å². The number of benzene rings is 1. The summed E-state index contributed by atoms with van der Waals surface area (Å²) >= 11 is 5.90. The lowest BCUT2D eigenvalue weighted by molar-refractivity contribution is 0.598. The van der Waals surface area contributed by atoms with Crippen molar-refractivity contribution in [2.45, 2.75) is 13.0 Å². The van der Waals surface area contributed by atoms with Gasteiger partial charge in [-0.3, -0.25) is 4.57 Å². The van der Waals surface area contributed by atoms with E-state index in [0.29, 0.717) is 40.8 Å². The highest BCUT2D eigenvalue weighted by atomic mass is 35.5. The molecule has 0 atom stereocenters. The van der Waals surface area contributed by atoms with Crippen LogP contribution in [0.4, 0.5) is 10.3 Å². The van der Waals surface area contributed by atoms with Crippen molar-refractivity contribution in [1.29, 1.82) is 0 Å². The molecule has 7 nitrogen and oxygen atoms in total. The highest BCUT2D eigenvalue weighted by Gasteiger charge is 2.13. The van der Waals surface area contributed by atoms with Crippen LogP contribution in [-0.4, -0.2) is 32.6 Å². The third kappa shape index (κ3) is 3.39. The summed E-state index contributed by atoms with van der Waals surface area (Å²) < 4.78 is 15.3. The number of hydrogen-bond acceptors (Lipinski definition) is 5. The van der Waals surface area contributed by atoms with E-state index in [2.05, 4.69) is 20.3 Å². The number of rotatable bonds is 6. The minimum atomic E-state index is -0.434. The third-order valence-corrected chi connectivity index (χ3v) is 3.75. The van der Waals surface area contributed by atoms with Crippen LogP contribution in [0.5, 0.6) is 0 Å². The van der Waals surface area contributed by atoms with Gasteiger partial charge in [0.1, 0.15) is 11.3 Å². The fourth-order valence-electron chi connectivity index (χ4n) is 2.31. The van der Waals surface area contributed by atoms with Crippen molar-refractivity contribution in [2.75, 3.05) is 18.4 Å². The van der Waals surface area contributed by atoms with E-state index < -0.39 is 11.5 Å². The molecule has 0 unspecified atom stereocenters. The summed E-state index contributed by atoms with van der Waals surface area (Å²) in [7, 11) is 0. The Labute approximate surface area is 141 Å². The first-order chi connectivity index (χ1) is 11.6. The standard InChI is InChI=1S/C15H16ClFN6O/c16-10-2-3-11(17)9(6-10)8-23-13-12(21-15(23)24)7-20-14(22-13)19-5-1-4-18/h2-3,6-7H,1,4-5,8,18H2,(H,21,24)(H,19,20,22). The van der Waals surface area contributed by atoms with E-state index in [0.717, 1.165) is 6.42 Å². The Balaban J connectivity index is 1.97. The van der Waals surface area contributed by atoms with Gasteiger partial charge in [-0.1, -0.05) is 11.6 Å². The number of aromatic nitrogens is 4. The molecule has 3 rings (SSSR count). The fraction of sp³-hybridized carbons (Fsp3) is 0.267. The third-order valence-electron chi connectivity index (χ3n) is 3.51. The zero-order valence-corrected chi connectivity index (χ0v) is 13.5. The normalized spacial score (nSPS) is 11.1. The topological polar surface area (TPSA) is 102 Å². The van der Waals surface area contributed by atoms with Gasteiger partial charge < -0.3 is 16.0 Å². The number of imidazole rings is 1. The lowest BCUT2D eigenvalue weighted by atomic mass is 10.2. The first kappa shape index (κ1) is 16.4. The van der Waals surface area contributed by atoms with Crippen LogP contribution in [0.1, 0.15) is 12.0 Å². The van der Waals surface area contributed by atoms with E-state index in [1.54, 1.807) is 0 Å². The second-order valence-corrected chi connectivity index (χ2v) is 5.69. The molecule has 0 aliphatic carbocycles. The maximum atomic E-state index is 13.9. The van der Waals surface area contributed by atoms with Gasteiger partial charge in [-0.15, -0.1) is 0 Å². The Morgan fingerprint density at radius 1 is 1.42 bits per heavy atom. The number of nitrogens with one attached hydrogen (secondary N) is 2. The number of halogens is 2. The number of anilines is 1. The quantitative estimate of drug-likeness (QED) is 0.587. The summed E-state index contributed by atoms with van der Waals surface area (Å²) in [6.07, 6.45) is 2.29. The lowest BCUT2D eigenvalue weighted by Gasteiger charge is -2.07. The molecule has 3 aromatic rings. The lowest BCUT2D eigenvalue weighted by Crippen LogP contribution is -2.18. The van der Waals surface area contributed by atoms with E-state index >= 15 is 0 Å². The number of nitrogens with zero attached hydrogens (tertiary/aromatic N) is 3. The first-order valence-corrected chi connectivity index (χ1v) is 7.79. The molecular weight excluding hydrogens is 335 g/mol. The SMILES string of the molecule is NCCCNc1ncc2[nH]c(=O)n(Cc3cc(Cl)ccc3F)c2n1. The summed E-state index contributed by atoms with van der Waals surface area (Å²) in [4.78, 5) is 23.3. The first-order valence-electron chi connectivity index (χ1n) is 7.42. The smallest absolute Gasteiger partial charge is 0.328 e. The van der Waals surface area contributed by atoms with Crippen LogP contribution in [-0.2, 0) is 6.54 Å². The van der Waals surface area contributed by atoms with Gasteiger partial charge in [-0.2, -0.15) is 4.98 Å². The highest BCUT2D eigenvalue weighted by molar-refractivity contribution is 6.30. The van der Waals surface area contributed by atoms with Crippen LogP contribution in [0.15, 0.2) is 29.2 Å². The molecule has 0 amide bonds. The van der Waals surface area contributed by atoms with E-state index in [-0.39, 0.29) is 6.54 Å². The van der Waals surface area contributed by atoms with Crippen molar-refractivity contribution in [3.8, 4) is 0 Å². The van der Waals surface area contributed by atoms with Gasteiger partial charge >= 0.3 is 5.69 Å². The number of fused-ring (bicyclic) bond motifs is 1. The molecule has 0 aliphatic rings. The number of H-pyrrole nitrogens is 1. The Kier molecular flexibility index (Phi) is 4.77. The van der Waals surface area contributed by atoms with Gasteiger partial charge in [0.15, 0.2) is 5.65 Å².